The molecule has 20 heavy (non-hydrogen) atoms. The summed E-state index contributed by atoms with van der Waals surface area (Å²) in [6.07, 6.45) is 3.95. The third-order valence-electron chi connectivity index (χ3n) is 4.24. The van der Waals surface area contributed by atoms with E-state index in [-0.39, 0.29) is 24.2 Å². The van der Waals surface area contributed by atoms with Crippen LogP contribution >= 0.6 is 0 Å². The first-order valence-electron chi connectivity index (χ1n) is 6.95. The minimum absolute atomic E-state index is 0.0684. The Morgan fingerprint density at radius 2 is 1.95 bits per heavy atom. The van der Waals surface area contributed by atoms with Crippen LogP contribution in [0.5, 0.6) is 0 Å². The van der Waals surface area contributed by atoms with E-state index >= 15 is 0 Å². The molecule has 2 rings (SSSR count). The summed E-state index contributed by atoms with van der Waals surface area (Å²) in [7, 11) is 0. The van der Waals surface area contributed by atoms with Crippen LogP contribution in [0.3, 0.4) is 0 Å². The van der Waals surface area contributed by atoms with Gasteiger partial charge in [-0.25, -0.2) is 0 Å². The Labute approximate surface area is 118 Å². The van der Waals surface area contributed by atoms with Crippen molar-refractivity contribution in [3.05, 3.63) is 11.3 Å². The monoisotopic (exact) mass is 279 g/mol. The van der Waals surface area contributed by atoms with Gasteiger partial charge in [0.2, 0.25) is 5.91 Å². The summed E-state index contributed by atoms with van der Waals surface area (Å²) in [5.74, 6) is -0.440. The number of hydrogen-bond acceptors (Lipinski definition) is 3. The van der Waals surface area contributed by atoms with Gasteiger partial charge in [0.25, 0.3) is 0 Å². The standard InChI is InChI=1S/C14H21N3O3/c1-9-10(2)16-17-13(9)15-11(18)7-14(8-12(19)20)5-3-4-6-14/h3-8H2,1-2H3,(H,19,20)(H2,15,16,17,18). The number of aromatic nitrogens is 2. The lowest BCUT2D eigenvalue weighted by molar-refractivity contribution is -0.140. The molecule has 1 heterocycles. The molecule has 3 N–H and O–H groups in total. The molecule has 1 saturated carbocycles. The number of carboxylic acids is 1. The molecule has 1 aromatic rings. The van der Waals surface area contributed by atoms with Crippen LogP contribution in [-0.2, 0) is 9.59 Å². The highest BCUT2D eigenvalue weighted by Crippen LogP contribution is 2.44. The molecule has 6 nitrogen and oxygen atoms in total. The van der Waals surface area contributed by atoms with Crippen LogP contribution in [0.2, 0.25) is 0 Å². The largest absolute Gasteiger partial charge is 0.481 e. The zero-order valence-electron chi connectivity index (χ0n) is 12.0. The van der Waals surface area contributed by atoms with Gasteiger partial charge >= 0.3 is 5.97 Å². The van der Waals surface area contributed by atoms with Gasteiger partial charge in [0.05, 0.1) is 6.42 Å². The summed E-state index contributed by atoms with van der Waals surface area (Å²) >= 11 is 0. The number of aryl methyl sites for hydroxylation is 1. The van der Waals surface area contributed by atoms with Crippen molar-refractivity contribution in [2.45, 2.75) is 52.4 Å². The maximum absolute atomic E-state index is 12.2. The van der Waals surface area contributed by atoms with Crippen LogP contribution in [0.4, 0.5) is 5.82 Å². The number of carboxylic acid groups (broad SMARTS) is 1. The van der Waals surface area contributed by atoms with Crippen molar-refractivity contribution < 1.29 is 14.7 Å². The molecule has 1 amide bonds. The fourth-order valence-corrected chi connectivity index (χ4v) is 2.99. The van der Waals surface area contributed by atoms with Crippen molar-refractivity contribution in [2.24, 2.45) is 5.41 Å². The van der Waals surface area contributed by atoms with Crippen molar-refractivity contribution in [1.29, 1.82) is 0 Å². The Kier molecular flexibility index (Phi) is 4.11. The number of H-pyrrole nitrogens is 1. The molecule has 0 aromatic carbocycles. The summed E-state index contributed by atoms with van der Waals surface area (Å²) in [4.78, 5) is 23.2. The lowest BCUT2D eigenvalue weighted by atomic mass is 9.79. The molecule has 0 radical (unpaired) electrons. The molecule has 1 aliphatic carbocycles. The molecule has 0 aliphatic heterocycles. The first-order chi connectivity index (χ1) is 9.42. The van der Waals surface area contributed by atoms with Crippen LogP contribution in [0.25, 0.3) is 0 Å². The highest BCUT2D eigenvalue weighted by atomic mass is 16.4. The van der Waals surface area contributed by atoms with Gasteiger partial charge in [0, 0.05) is 17.7 Å². The average molecular weight is 279 g/mol. The lowest BCUT2D eigenvalue weighted by Crippen LogP contribution is -2.28. The Balaban J connectivity index is 2.02. The first-order valence-corrected chi connectivity index (χ1v) is 6.95. The summed E-state index contributed by atoms with van der Waals surface area (Å²) < 4.78 is 0. The van der Waals surface area contributed by atoms with Crippen LogP contribution in [0, 0.1) is 19.3 Å². The third kappa shape index (κ3) is 3.18. The highest BCUT2D eigenvalue weighted by Gasteiger charge is 2.38. The fraction of sp³-hybridized carbons (Fsp3) is 0.643. The van der Waals surface area contributed by atoms with E-state index in [2.05, 4.69) is 15.5 Å². The molecular formula is C14H21N3O3. The van der Waals surface area contributed by atoms with E-state index in [0.29, 0.717) is 5.82 Å². The van der Waals surface area contributed by atoms with E-state index in [4.69, 9.17) is 5.11 Å². The second-order valence-corrected chi connectivity index (χ2v) is 5.82. The Bertz CT molecular complexity index is 516. The van der Waals surface area contributed by atoms with Gasteiger partial charge in [-0.2, -0.15) is 5.10 Å². The van der Waals surface area contributed by atoms with E-state index in [9.17, 15) is 9.59 Å². The number of rotatable bonds is 5. The number of anilines is 1. The average Bonchev–Trinajstić information content (AvgIpc) is 2.90. The summed E-state index contributed by atoms with van der Waals surface area (Å²) in [5, 5.41) is 18.7. The van der Waals surface area contributed by atoms with Crippen LogP contribution in [0.15, 0.2) is 0 Å². The second-order valence-electron chi connectivity index (χ2n) is 5.82. The Morgan fingerprint density at radius 1 is 1.30 bits per heavy atom. The van der Waals surface area contributed by atoms with Gasteiger partial charge in [-0.05, 0) is 32.1 Å². The van der Waals surface area contributed by atoms with E-state index in [1.54, 1.807) is 0 Å². The number of nitrogens with one attached hydrogen (secondary N) is 2. The number of hydrogen-bond donors (Lipinski definition) is 3. The predicted molar refractivity (Wildman–Crippen MR) is 74.5 cm³/mol. The van der Waals surface area contributed by atoms with E-state index in [0.717, 1.165) is 36.9 Å². The molecule has 0 unspecified atom stereocenters. The molecule has 1 aromatic heterocycles. The van der Waals surface area contributed by atoms with Crippen molar-refractivity contribution in [1.82, 2.24) is 10.2 Å². The zero-order valence-corrected chi connectivity index (χ0v) is 12.0. The number of aliphatic carboxylic acids is 1. The molecule has 1 fully saturated rings. The lowest BCUT2D eigenvalue weighted by Gasteiger charge is -2.26. The fourth-order valence-electron chi connectivity index (χ4n) is 2.99. The van der Waals surface area contributed by atoms with Gasteiger partial charge in [-0.1, -0.05) is 12.8 Å². The maximum Gasteiger partial charge on any atom is 0.303 e. The number of nitrogens with zero attached hydrogens (tertiary/aromatic N) is 1. The maximum atomic E-state index is 12.2. The van der Waals surface area contributed by atoms with Gasteiger partial charge in [-0.3, -0.25) is 14.7 Å². The third-order valence-corrected chi connectivity index (χ3v) is 4.24. The zero-order chi connectivity index (χ0) is 14.8. The van der Waals surface area contributed by atoms with Crippen LogP contribution < -0.4 is 5.32 Å². The molecule has 1 aliphatic rings. The van der Waals surface area contributed by atoms with Crippen molar-refractivity contribution >= 4 is 17.7 Å². The summed E-state index contributed by atoms with van der Waals surface area (Å²) in [6, 6.07) is 0. The molecule has 0 bridgehead atoms. The molecule has 0 saturated heterocycles. The smallest absolute Gasteiger partial charge is 0.303 e. The first kappa shape index (κ1) is 14.6. The molecule has 0 spiro atoms. The highest BCUT2D eigenvalue weighted by molar-refractivity contribution is 5.91. The predicted octanol–water partition coefficient (Wildman–Crippen LogP) is 2.39. The van der Waals surface area contributed by atoms with Crippen molar-refractivity contribution in [3.63, 3.8) is 0 Å². The number of aromatic amines is 1. The van der Waals surface area contributed by atoms with E-state index in [1.807, 2.05) is 13.8 Å². The number of amides is 1. The van der Waals surface area contributed by atoms with Gasteiger partial charge in [0.15, 0.2) is 5.82 Å². The van der Waals surface area contributed by atoms with E-state index in [1.165, 1.54) is 0 Å². The van der Waals surface area contributed by atoms with Crippen molar-refractivity contribution in [2.75, 3.05) is 5.32 Å². The second kappa shape index (κ2) is 5.64. The van der Waals surface area contributed by atoms with Gasteiger partial charge in [0.1, 0.15) is 0 Å². The van der Waals surface area contributed by atoms with Gasteiger partial charge in [-0.15, -0.1) is 0 Å². The molecule has 6 heteroatoms. The van der Waals surface area contributed by atoms with E-state index < -0.39 is 5.97 Å². The molecular weight excluding hydrogens is 258 g/mol. The Morgan fingerprint density at radius 3 is 2.45 bits per heavy atom. The number of carbonyl (C=O) groups is 2. The van der Waals surface area contributed by atoms with Crippen LogP contribution in [-0.4, -0.2) is 27.2 Å². The SMILES string of the molecule is Cc1[nH]nc(NC(=O)CC2(CC(=O)O)CCCC2)c1C. The topological polar surface area (TPSA) is 95.1 Å². The number of carbonyl (C=O) groups excluding carboxylic acids is 1. The quantitative estimate of drug-likeness (QED) is 0.771. The van der Waals surface area contributed by atoms with Crippen molar-refractivity contribution in [3.8, 4) is 0 Å². The summed E-state index contributed by atoms with van der Waals surface area (Å²) in [6.45, 7) is 3.78. The molecule has 110 valence electrons. The summed E-state index contributed by atoms with van der Waals surface area (Å²) in [5.41, 5.74) is 1.45. The normalized spacial score (nSPS) is 17.1. The van der Waals surface area contributed by atoms with Crippen LogP contribution in [0.1, 0.15) is 49.8 Å². The van der Waals surface area contributed by atoms with Gasteiger partial charge < -0.3 is 10.4 Å². The minimum atomic E-state index is -0.827. The minimum Gasteiger partial charge on any atom is -0.481 e. The Hall–Kier alpha value is -1.85. The molecule has 0 atom stereocenters.